The highest BCUT2D eigenvalue weighted by Crippen LogP contribution is 2.23. The molecular weight excluding hydrogens is 378 g/mol. The van der Waals surface area contributed by atoms with Crippen LogP contribution in [0.2, 0.25) is 0 Å². The maximum absolute atomic E-state index is 12.2. The Balaban J connectivity index is 1.45. The summed E-state index contributed by atoms with van der Waals surface area (Å²) < 4.78 is 0. The first-order chi connectivity index (χ1) is 14.7. The van der Waals surface area contributed by atoms with Gasteiger partial charge in [-0.1, -0.05) is 54.6 Å². The minimum atomic E-state index is -0.175. The third-order valence-corrected chi connectivity index (χ3v) is 5.08. The third-order valence-electron chi connectivity index (χ3n) is 5.08. The van der Waals surface area contributed by atoms with Gasteiger partial charge >= 0.3 is 0 Å². The minimum Gasteiger partial charge on any atom is -0.297 e. The van der Waals surface area contributed by atoms with Crippen molar-refractivity contribution in [3.8, 4) is 0 Å². The molecule has 30 heavy (non-hydrogen) atoms. The number of rotatable bonds is 9. The Morgan fingerprint density at radius 1 is 1.03 bits per heavy atom. The molecule has 1 amide bonds. The van der Waals surface area contributed by atoms with Gasteiger partial charge in [0.1, 0.15) is 5.69 Å². The summed E-state index contributed by atoms with van der Waals surface area (Å²) >= 11 is 0. The number of hydrogen-bond donors (Lipinski definition) is 1. The van der Waals surface area contributed by atoms with Crippen molar-refractivity contribution in [2.45, 2.75) is 13.0 Å². The number of nitroso groups, excluding NO2 is 1. The molecule has 7 nitrogen and oxygen atoms in total. The third kappa shape index (κ3) is 6.17. The number of allylic oxidation sites excluding steroid dienone is 1. The molecule has 0 unspecified atom stereocenters. The Morgan fingerprint density at radius 3 is 2.47 bits per heavy atom. The molecule has 1 aliphatic heterocycles. The fourth-order valence-electron chi connectivity index (χ4n) is 3.51. The van der Waals surface area contributed by atoms with E-state index in [4.69, 9.17) is 0 Å². The molecule has 1 N–H and O–H groups in total. The lowest BCUT2D eigenvalue weighted by Gasteiger charge is -2.34. The normalized spacial score (nSPS) is 15.2. The van der Waals surface area contributed by atoms with Gasteiger partial charge in [-0.2, -0.15) is 5.10 Å². The first kappa shape index (κ1) is 21.5. The number of nitrogens with one attached hydrogen (secondary N) is 1. The van der Waals surface area contributed by atoms with Crippen LogP contribution < -0.4 is 5.43 Å². The molecule has 0 aliphatic carbocycles. The number of carbonyl (C=O) groups excluding carboxylic acids is 1. The highest BCUT2D eigenvalue weighted by molar-refractivity contribution is 5.89. The van der Waals surface area contributed by atoms with Crippen LogP contribution in [0.5, 0.6) is 0 Å². The molecule has 1 saturated heterocycles. The maximum atomic E-state index is 12.2. The molecule has 0 atom stereocenters. The van der Waals surface area contributed by atoms with Crippen molar-refractivity contribution in [2.75, 3.05) is 32.7 Å². The van der Waals surface area contributed by atoms with Crippen LogP contribution in [0, 0.1) is 4.91 Å². The molecule has 1 fully saturated rings. The van der Waals surface area contributed by atoms with Crippen molar-refractivity contribution in [2.24, 2.45) is 10.3 Å². The van der Waals surface area contributed by atoms with E-state index in [1.165, 1.54) is 11.8 Å². The van der Waals surface area contributed by atoms with E-state index in [9.17, 15) is 9.70 Å². The molecule has 7 heteroatoms. The summed E-state index contributed by atoms with van der Waals surface area (Å²) in [4.78, 5) is 27.9. The second kappa shape index (κ2) is 11.1. The molecule has 2 aromatic rings. The van der Waals surface area contributed by atoms with Crippen molar-refractivity contribution in [1.29, 1.82) is 0 Å². The van der Waals surface area contributed by atoms with E-state index in [0.717, 1.165) is 38.3 Å². The summed E-state index contributed by atoms with van der Waals surface area (Å²) in [5.41, 5.74) is 5.52. The average molecular weight is 406 g/mol. The van der Waals surface area contributed by atoms with Crippen LogP contribution in [-0.4, -0.2) is 54.6 Å². The number of hydrogen-bond acceptors (Lipinski definition) is 6. The zero-order chi connectivity index (χ0) is 21.2. The van der Waals surface area contributed by atoms with Crippen LogP contribution in [0.3, 0.4) is 0 Å². The van der Waals surface area contributed by atoms with Crippen molar-refractivity contribution >= 4 is 17.8 Å². The van der Waals surface area contributed by atoms with Crippen molar-refractivity contribution in [1.82, 2.24) is 15.2 Å². The quantitative estimate of drug-likeness (QED) is 0.301. The van der Waals surface area contributed by atoms with Crippen LogP contribution in [0.15, 0.2) is 71.5 Å². The predicted molar refractivity (Wildman–Crippen MR) is 120 cm³/mol. The van der Waals surface area contributed by atoms with Gasteiger partial charge in [0.05, 0.1) is 12.8 Å². The van der Waals surface area contributed by atoms with Gasteiger partial charge in [-0.15, -0.1) is 11.5 Å². The van der Waals surface area contributed by atoms with Gasteiger partial charge in [0.2, 0.25) is 0 Å². The molecule has 0 radical (unpaired) electrons. The van der Waals surface area contributed by atoms with Gasteiger partial charge in [0.15, 0.2) is 0 Å². The van der Waals surface area contributed by atoms with Gasteiger partial charge in [-0.05, 0) is 22.7 Å². The van der Waals surface area contributed by atoms with Crippen molar-refractivity contribution in [3.63, 3.8) is 0 Å². The molecule has 0 saturated carbocycles. The Morgan fingerprint density at radius 2 is 1.77 bits per heavy atom. The average Bonchev–Trinajstić information content (AvgIpc) is 2.76. The van der Waals surface area contributed by atoms with Gasteiger partial charge < -0.3 is 0 Å². The largest absolute Gasteiger partial charge is 0.297 e. The second-order valence-corrected chi connectivity index (χ2v) is 7.27. The Hall–Kier alpha value is -3.16. The highest BCUT2D eigenvalue weighted by Gasteiger charge is 2.18. The topological polar surface area (TPSA) is 77.4 Å². The van der Waals surface area contributed by atoms with Gasteiger partial charge in [-0.25, -0.2) is 5.43 Å². The van der Waals surface area contributed by atoms with Crippen LogP contribution in [0.25, 0.3) is 0 Å². The van der Waals surface area contributed by atoms with Crippen LogP contribution in [0.1, 0.15) is 16.7 Å². The summed E-state index contributed by atoms with van der Waals surface area (Å²) in [6.07, 6.45) is 3.72. The molecular formula is C23H27N5O2. The summed E-state index contributed by atoms with van der Waals surface area (Å²) in [6.45, 7) is 8.45. The van der Waals surface area contributed by atoms with Crippen LogP contribution >= 0.6 is 0 Å². The Bertz CT molecular complexity index is 890. The van der Waals surface area contributed by atoms with Gasteiger partial charge in [0.25, 0.3) is 5.91 Å². The number of carbonyl (C=O) groups is 1. The van der Waals surface area contributed by atoms with Gasteiger partial charge in [0, 0.05) is 38.3 Å². The minimum absolute atomic E-state index is 0.175. The number of hydrazone groups is 1. The van der Waals surface area contributed by atoms with E-state index in [1.807, 2.05) is 18.2 Å². The zero-order valence-corrected chi connectivity index (χ0v) is 17.0. The molecule has 1 aliphatic rings. The standard InChI is InChI=1S/C23H27N5O2/c1-2-7-20-10-6-11-21(23(20)26-30)16-24-25-22(29)18-28-14-12-27(13-15-28)17-19-8-4-3-5-9-19/h2-6,8-11,16H,1,7,12-15,17-18H2,(H,25,29)/b24-16+. The van der Waals surface area contributed by atoms with E-state index < -0.39 is 0 Å². The molecule has 0 bridgehead atoms. The fourth-order valence-corrected chi connectivity index (χ4v) is 3.51. The first-order valence-electron chi connectivity index (χ1n) is 10.1. The molecule has 0 spiro atoms. The fraction of sp³-hybridized carbons (Fsp3) is 0.304. The molecule has 2 aromatic carbocycles. The Labute approximate surface area is 177 Å². The lowest BCUT2D eigenvalue weighted by molar-refractivity contribution is -0.122. The smallest absolute Gasteiger partial charge is 0.254 e. The predicted octanol–water partition coefficient (Wildman–Crippen LogP) is 3.08. The SMILES string of the molecule is C=CCc1cccc(/C=N/NC(=O)CN2CCN(Cc3ccccc3)CC2)c1N=O. The molecule has 156 valence electrons. The monoisotopic (exact) mass is 405 g/mol. The highest BCUT2D eigenvalue weighted by atomic mass is 16.3. The van der Waals surface area contributed by atoms with E-state index >= 15 is 0 Å². The number of amides is 1. The van der Waals surface area contributed by atoms with Crippen LogP contribution in [0.4, 0.5) is 5.69 Å². The molecule has 0 aromatic heterocycles. The van der Waals surface area contributed by atoms with E-state index in [2.05, 4.69) is 56.3 Å². The lowest BCUT2D eigenvalue weighted by atomic mass is 10.1. The summed E-state index contributed by atoms with van der Waals surface area (Å²) in [5.74, 6) is -0.175. The first-order valence-corrected chi connectivity index (χ1v) is 10.1. The van der Waals surface area contributed by atoms with Crippen LogP contribution in [-0.2, 0) is 17.8 Å². The number of piperazine rings is 1. The second-order valence-electron chi connectivity index (χ2n) is 7.27. The zero-order valence-electron chi connectivity index (χ0n) is 17.0. The maximum Gasteiger partial charge on any atom is 0.254 e. The Kier molecular flexibility index (Phi) is 8.00. The van der Waals surface area contributed by atoms with E-state index in [-0.39, 0.29) is 5.91 Å². The summed E-state index contributed by atoms with van der Waals surface area (Å²) in [6, 6.07) is 15.8. The van der Waals surface area contributed by atoms with Gasteiger partial charge in [-0.3, -0.25) is 14.6 Å². The van der Waals surface area contributed by atoms with Crippen molar-refractivity contribution < 1.29 is 4.79 Å². The lowest BCUT2D eigenvalue weighted by Crippen LogP contribution is -2.48. The molecule has 3 rings (SSSR count). The van der Waals surface area contributed by atoms with E-state index in [1.54, 1.807) is 12.1 Å². The summed E-state index contributed by atoms with van der Waals surface area (Å²) in [7, 11) is 0. The van der Waals surface area contributed by atoms with Crippen molar-refractivity contribution in [3.05, 3.63) is 82.8 Å². The number of nitrogens with zero attached hydrogens (tertiary/aromatic N) is 4. The molecule has 1 heterocycles. The number of benzene rings is 2. The van der Waals surface area contributed by atoms with E-state index in [0.29, 0.717) is 24.2 Å². The summed E-state index contributed by atoms with van der Waals surface area (Å²) in [5, 5.41) is 7.10.